The first-order valence-electron chi connectivity index (χ1n) is 12.3. The van der Waals surface area contributed by atoms with Gasteiger partial charge in [-0.05, 0) is 85.3 Å². The number of hydrogen-bond acceptors (Lipinski definition) is 6. The molecule has 40 heavy (non-hydrogen) atoms. The Labute approximate surface area is 233 Å². The summed E-state index contributed by atoms with van der Waals surface area (Å²) < 4.78 is 32.3. The maximum Gasteiger partial charge on any atom is 0.271 e. The lowest BCUT2D eigenvalue weighted by Gasteiger charge is -2.19. The highest BCUT2D eigenvalue weighted by Crippen LogP contribution is 2.22. The number of hydrogen-bond donors (Lipinski definition) is 2. The van der Waals surface area contributed by atoms with E-state index in [2.05, 4.69) is 15.8 Å². The summed E-state index contributed by atoms with van der Waals surface area (Å²) in [6.45, 7) is 1.84. The standard InChI is InChI=1S/C30H28N4O5S/c1-22-8-14-25(15-9-22)32-29(35)21-39-27-18-10-23(11-19-27)20-31-33-30(36)24-12-16-26(17-13-24)34(2)40(37,38)28-6-4-3-5-7-28/h3-20H,21H2,1-2H3,(H,32,35)(H,33,36)/b31-20-. The third-order valence-corrected chi connectivity index (χ3v) is 7.66. The van der Waals surface area contributed by atoms with E-state index >= 15 is 0 Å². The van der Waals surface area contributed by atoms with Crippen LogP contribution in [0.4, 0.5) is 11.4 Å². The molecule has 0 saturated heterocycles. The van der Waals surface area contributed by atoms with Crippen molar-refractivity contribution in [2.75, 3.05) is 23.3 Å². The summed E-state index contributed by atoms with van der Waals surface area (Å²) >= 11 is 0. The highest BCUT2D eigenvalue weighted by atomic mass is 32.2. The molecule has 0 unspecified atom stereocenters. The Morgan fingerprint density at radius 3 is 2.17 bits per heavy atom. The number of carbonyl (C=O) groups is 2. The molecule has 4 rings (SSSR count). The van der Waals surface area contributed by atoms with Crippen LogP contribution in [-0.2, 0) is 14.8 Å². The Morgan fingerprint density at radius 1 is 0.875 bits per heavy atom. The summed E-state index contributed by atoms with van der Waals surface area (Å²) in [5, 5.41) is 6.75. The predicted molar refractivity (Wildman–Crippen MR) is 155 cm³/mol. The molecule has 2 amide bonds. The quantitative estimate of drug-likeness (QED) is 0.219. The Balaban J connectivity index is 1.26. The fraction of sp³-hybridized carbons (Fsp3) is 0.100. The molecule has 0 atom stereocenters. The lowest BCUT2D eigenvalue weighted by atomic mass is 10.2. The van der Waals surface area contributed by atoms with Crippen molar-refractivity contribution in [3.8, 4) is 5.75 Å². The average molecular weight is 557 g/mol. The highest BCUT2D eigenvalue weighted by Gasteiger charge is 2.21. The van der Waals surface area contributed by atoms with Crippen LogP contribution in [0.25, 0.3) is 0 Å². The normalized spacial score (nSPS) is 11.2. The molecule has 0 aliphatic carbocycles. The van der Waals surface area contributed by atoms with Crippen LogP contribution in [0.5, 0.6) is 5.75 Å². The van der Waals surface area contributed by atoms with E-state index in [1.807, 2.05) is 31.2 Å². The number of benzene rings is 4. The number of rotatable bonds is 10. The van der Waals surface area contributed by atoms with Gasteiger partial charge in [0.05, 0.1) is 16.8 Å². The van der Waals surface area contributed by atoms with Gasteiger partial charge in [0, 0.05) is 18.3 Å². The topological polar surface area (TPSA) is 117 Å². The Morgan fingerprint density at radius 2 is 1.52 bits per heavy atom. The van der Waals surface area contributed by atoms with E-state index in [1.165, 1.54) is 37.5 Å². The molecule has 0 bridgehead atoms. The molecule has 2 N–H and O–H groups in total. The fourth-order valence-corrected chi connectivity index (χ4v) is 4.79. The van der Waals surface area contributed by atoms with Gasteiger partial charge in [0.15, 0.2) is 6.61 Å². The average Bonchev–Trinajstić information content (AvgIpc) is 2.98. The molecule has 0 spiro atoms. The fourth-order valence-electron chi connectivity index (χ4n) is 3.58. The van der Waals surface area contributed by atoms with Gasteiger partial charge in [-0.3, -0.25) is 13.9 Å². The van der Waals surface area contributed by atoms with E-state index in [0.29, 0.717) is 28.3 Å². The zero-order valence-electron chi connectivity index (χ0n) is 21.9. The van der Waals surface area contributed by atoms with Crippen LogP contribution in [0.2, 0.25) is 0 Å². The van der Waals surface area contributed by atoms with E-state index in [4.69, 9.17) is 4.74 Å². The minimum absolute atomic E-state index is 0.135. The molecule has 0 saturated carbocycles. The van der Waals surface area contributed by atoms with Gasteiger partial charge in [0.25, 0.3) is 21.8 Å². The minimum atomic E-state index is -3.72. The molecular formula is C30H28N4O5S. The van der Waals surface area contributed by atoms with Crippen LogP contribution in [-0.4, -0.2) is 40.1 Å². The second-order valence-corrected chi connectivity index (χ2v) is 10.8. The SMILES string of the molecule is Cc1ccc(NC(=O)COc2ccc(/C=N\NC(=O)c3ccc(N(C)S(=O)(=O)c4ccccc4)cc3)cc2)cc1. The molecular weight excluding hydrogens is 528 g/mol. The summed E-state index contributed by atoms with van der Waals surface area (Å²) in [6, 6.07) is 28.6. The van der Waals surface area contributed by atoms with E-state index in [-0.39, 0.29) is 17.4 Å². The van der Waals surface area contributed by atoms with Crippen LogP contribution in [0, 0.1) is 6.92 Å². The van der Waals surface area contributed by atoms with Crippen LogP contribution in [0.3, 0.4) is 0 Å². The van der Waals surface area contributed by atoms with Gasteiger partial charge in [-0.2, -0.15) is 5.10 Å². The summed E-state index contributed by atoms with van der Waals surface area (Å²) in [6.07, 6.45) is 1.47. The molecule has 0 aromatic heterocycles. The van der Waals surface area contributed by atoms with Gasteiger partial charge >= 0.3 is 0 Å². The van der Waals surface area contributed by atoms with Crippen LogP contribution >= 0.6 is 0 Å². The number of nitrogens with zero attached hydrogens (tertiary/aromatic N) is 2. The van der Waals surface area contributed by atoms with Gasteiger partial charge in [0.1, 0.15) is 5.75 Å². The van der Waals surface area contributed by atoms with Crippen LogP contribution in [0.15, 0.2) is 113 Å². The van der Waals surface area contributed by atoms with E-state index in [1.54, 1.807) is 54.6 Å². The largest absolute Gasteiger partial charge is 0.484 e. The van der Waals surface area contributed by atoms with Gasteiger partial charge in [-0.1, -0.05) is 35.9 Å². The summed E-state index contributed by atoms with van der Waals surface area (Å²) in [7, 11) is -2.26. The van der Waals surface area contributed by atoms with Gasteiger partial charge < -0.3 is 10.1 Å². The van der Waals surface area contributed by atoms with E-state index in [0.717, 1.165) is 9.87 Å². The number of sulfonamides is 1. The molecule has 4 aromatic rings. The third kappa shape index (κ3) is 7.33. The third-order valence-electron chi connectivity index (χ3n) is 5.86. The second kappa shape index (κ2) is 12.7. The zero-order chi connectivity index (χ0) is 28.5. The Hall–Kier alpha value is -4.96. The summed E-state index contributed by atoms with van der Waals surface area (Å²) in [5.74, 6) is -0.204. The molecule has 0 aliphatic heterocycles. The number of aryl methyl sites for hydroxylation is 1. The summed E-state index contributed by atoms with van der Waals surface area (Å²) in [4.78, 5) is 24.7. The van der Waals surface area contributed by atoms with E-state index < -0.39 is 15.9 Å². The minimum Gasteiger partial charge on any atom is -0.484 e. The van der Waals surface area contributed by atoms with Gasteiger partial charge in [-0.25, -0.2) is 13.8 Å². The molecule has 204 valence electrons. The maximum atomic E-state index is 12.8. The van der Waals surface area contributed by atoms with Crippen molar-refractivity contribution in [2.45, 2.75) is 11.8 Å². The van der Waals surface area contributed by atoms with Gasteiger partial charge in [-0.15, -0.1) is 0 Å². The second-order valence-electron chi connectivity index (χ2n) is 8.80. The number of ether oxygens (including phenoxy) is 1. The first kappa shape index (κ1) is 28.1. The molecule has 10 heteroatoms. The Bertz CT molecular complexity index is 1590. The lowest BCUT2D eigenvalue weighted by molar-refractivity contribution is -0.118. The Kier molecular flexibility index (Phi) is 8.93. The van der Waals surface area contributed by atoms with Crippen molar-refractivity contribution >= 4 is 39.4 Å². The molecule has 0 fully saturated rings. The van der Waals surface area contributed by atoms with Crippen LogP contribution in [0.1, 0.15) is 21.5 Å². The predicted octanol–water partition coefficient (Wildman–Crippen LogP) is 4.60. The molecule has 0 radical (unpaired) electrons. The number of nitrogens with one attached hydrogen (secondary N) is 2. The highest BCUT2D eigenvalue weighted by molar-refractivity contribution is 7.92. The first-order valence-corrected chi connectivity index (χ1v) is 13.7. The van der Waals surface area contributed by atoms with Crippen molar-refractivity contribution in [1.82, 2.24) is 5.43 Å². The van der Waals surface area contributed by atoms with Crippen molar-refractivity contribution in [3.05, 3.63) is 120 Å². The van der Waals surface area contributed by atoms with Crippen molar-refractivity contribution in [2.24, 2.45) is 5.10 Å². The molecule has 4 aromatic carbocycles. The van der Waals surface area contributed by atoms with Crippen molar-refractivity contribution in [1.29, 1.82) is 0 Å². The number of anilines is 2. The zero-order valence-corrected chi connectivity index (χ0v) is 22.8. The smallest absolute Gasteiger partial charge is 0.271 e. The number of hydrazone groups is 1. The molecule has 0 heterocycles. The lowest BCUT2D eigenvalue weighted by Crippen LogP contribution is -2.26. The molecule has 0 aliphatic rings. The first-order chi connectivity index (χ1) is 19.2. The monoisotopic (exact) mass is 556 g/mol. The van der Waals surface area contributed by atoms with Crippen molar-refractivity contribution in [3.63, 3.8) is 0 Å². The van der Waals surface area contributed by atoms with Crippen molar-refractivity contribution < 1.29 is 22.7 Å². The summed E-state index contributed by atoms with van der Waals surface area (Å²) in [5.41, 5.74) is 5.70. The van der Waals surface area contributed by atoms with Gasteiger partial charge in [0.2, 0.25) is 0 Å². The van der Waals surface area contributed by atoms with Crippen LogP contribution < -0.4 is 19.8 Å². The molecule has 9 nitrogen and oxygen atoms in total. The van der Waals surface area contributed by atoms with E-state index in [9.17, 15) is 18.0 Å². The number of amides is 2. The number of carbonyl (C=O) groups excluding carboxylic acids is 2. The maximum absolute atomic E-state index is 12.8.